The first kappa shape index (κ1) is 13.2. The number of anilines is 1. The van der Waals surface area contributed by atoms with E-state index in [1.54, 1.807) is 6.20 Å². The molecule has 6 heteroatoms. The highest BCUT2D eigenvalue weighted by molar-refractivity contribution is 5.46. The molecule has 1 aliphatic heterocycles. The Labute approximate surface area is 107 Å². The van der Waals surface area contributed by atoms with E-state index in [0.717, 1.165) is 11.4 Å². The molecule has 18 heavy (non-hydrogen) atoms. The third-order valence-corrected chi connectivity index (χ3v) is 2.99. The first-order chi connectivity index (χ1) is 8.55. The number of nitrogens with zero attached hydrogens (tertiary/aromatic N) is 3. The molecule has 1 aromatic rings. The Morgan fingerprint density at radius 2 is 2.39 bits per heavy atom. The highest BCUT2D eigenvalue weighted by atomic mass is 16.5. The Hall–Kier alpha value is -1.24. The van der Waals surface area contributed by atoms with Crippen LogP contribution in [0.5, 0.6) is 0 Å². The molecular weight excluding hydrogens is 232 g/mol. The van der Waals surface area contributed by atoms with Gasteiger partial charge in [0.25, 0.3) is 0 Å². The summed E-state index contributed by atoms with van der Waals surface area (Å²) in [5, 5.41) is 17.4. The summed E-state index contributed by atoms with van der Waals surface area (Å²) < 4.78 is 5.78. The maximum atomic E-state index is 9.30. The minimum atomic E-state index is -0.324. The van der Waals surface area contributed by atoms with Gasteiger partial charge >= 0.3 is 0 Å². The van der Waals surface area contributed by atoms with Gasteiger partial charge < -0.3 is 20.5 Å². The standard InChI is InChI=1S/C12H20N4O2/c1-12(2)8-16(6-10(7-17)18-12)11-9(5-13)3-4-14-15-11/h3-4,10,17H,5-8,13H2,1-2H3. The lowest BCUT2D eigenvalue weighted by Crippen LogP contribution is -2.54. The summed E-state index contributed by atoms with van der Waals surface area (Å²) in [7, 11) is 0. The zero-order chi connectivity index (χ0) is 13.2. The van der Waals surface area contributed by atoms with Crippen LogP contribution in [0.1, 0.15) is 19.4 Å². The van der Waals surface area contributed by atoms with Crippen LogP contribution in [0.4, 0.5) is 5.82 Å². The van der Waals surface area contributed by atoms with Crippen molar-refractivity contribution in [3.63, 3.8) is 0 Å². The van der Waals surface area contributed by atoms with Gasteiger partial charge in [0.2, 0.25) is 0 Å². The van der Waals surface area contributed by atoms with E-state index in [-0.39, 0.29) is 18.3 Å². The maximum Gasteiger partial charge on any atom is 0.155 e. The molecule has 100 valence electrons. The van der Waals surface area contributed by atoms with E-state index < -0.39 is 0 Å². The molecule has 1 unspecified atom stereocenters. The van der Waals surface area contributed by atoms with Gasteiger partial charge in [-0.1, -0.05) is 0 Å². The van der Waals surface area contributed by atoms with Crippen LogP contribution in [0.2, 0.25) is 0 Å². The van der Waals surface area contributed by atoms with Crippen molar-refractivity contribution in [1.82, 2.24) is 10.2 Å². The van der Waals surface area contributed by atoms with E-state index in [0.29, 0.717) is 19.6 Å². The Morgan fingerprint density at radius 1 is 1.61 bits per heavy atom. The molecule has 3 N–H and O–H groups in total. The zero-order valence-corrected chi connectivity index (χ0v) is 10.8. The molecule has 0 bridgehead atoms. The van der Waals surface area contributed by atoms with Crippen molar-refractivity contribution in [2.75, 3.05) is 24.6 Å². The first-order valence-corrected chi connectivity index (χ1v) is 6.10. The lowest BCUT2D eigenvalue weighted by molar-refractivity contribution is -0.101. The molecule has 2 rings (SSSR count). The maximum absolute atomic E-state index is 9.30. The SMILES string of the molecule is CC1(C)CN(c2nnccc2CN)CC(CO)O1. The average molecular weight is 252 g/mol. The fraction of sp³-hybridized carbons (Fsp3) is 0.667. The van der Waals surface area contributed by atoms with E-state index in [1.165, 1.54) is 0 Å². The summed E-state index contributed by atoms with van der Waals surface area (Å²) >= 11 is 0. The lowest BCUT2D eigenvalue weighted by atomic mass is 10.0. The molecule has 1 atom stereocenters. The minimum absolute atomic E-state index is 0.00183. The monoisotopic (exact) mass is 252 g/mol. The number of rotatable bonds is 3. The average Bonchev–Trinajstić information content (AvgIpc) is 2.36. The van der Waals surface area contributed by atoms with Gasteiger partial charge in [0.1, 0.15) is 0 Å². The molecule has 0 radical (unpaired) electrons. The number of nitrogens with two attached hydrogens (primary N) is 1. The van der Waals surface area contributed by atoms with Crippen molar-refractivity contribution in [3.8, 4) is 0 Å². The van der Waals surface area contributed by atoms with E-state index in [1.807, 2.05) is 19.9 Å². The van der Waals surface area contributed by atoms with Crippen molar-refractivity contribution in [2.24, 2.45) is 5.73 Å². The van der Waals surface area contributed by atoms with Crippen LogP contribution >= 0.6 is 0 Å². The van der Waals surface area contributed by atoms with Crippen molar-refractivity contribution in [1.29, 1.82) is 0 Å². The third kappa shape index (κ3) is 2.77. The predicted octanol–water partition coefficient (Wildman–Crippen LogP) is -0.0886. The second kappa shape index (κ2) is 5.17. The van der Waals surface area contributed by atoms with Crippen LogP contribution in [0.25, 0.3) is 0 Å². The molecular formula is C12H20N4O2. The second-order valence-corrected chi connectivity index (χ2v) is 5.15. The Kier molecular flexibility index (Phi) is 3.79. The Balaban J connectivity index is 2.26. The second-order valence-electron chi connectivity index (χ2n) is 5.15. The summed E-state index contributed by atoms with van der Waals surface area (Å²) in [6, 6.07) is 1.87. The molecule has 1 fully saturated rings. The van der Waals surface area contributed by atoms with Gasteiger partial charge in [0, 0.05) is 25.2 Å². The normalized spacial score (nSPS) is 23.1. The van der Waals surface area contributed by atoms with Gasteiger partial charge in [-0.2, -0.15) is 5.10 Å². The summed E-state index contributed by atoms with van der Waals surface area (Å²) in [5.74, 6) is 0.787. The molecule has 1 aliphatic rings. The molecule has 0 aliphatic carbocycles. The molecule has 0 amide bonds. The molecule has 0 aromatic carbocycles. The Bertz CT molecular complexity index is 411. The Morgan fingerprint density at radius 3 is 3.06 bits per heavy atom. The number of morpholine rings is 1. The third-order valence-electron chi connectivity index (χ3n) is 2.99. The molecule has 6 nitrogen and oxygen atoms in total. The smallest absolute Gasteiger partial charge is 0.155 e. The highest BCUT2D eigenvalue weighted by Crippen LogP contribution is 2.26. The van der Waals surface area contributed by atoms with Gasteiger partial charge in [-0.15, -0.1) is 5.10 Å². The van der Waals surface area contributed by atoms with Gasteiger partial charge in [-0.05, 0) is 19.9 Å². The van der Waals surface area contributed by atoms with E-state index in [4.69, 9.17) is 10.5 Å². The van der Waals surface area contributed by atoms with E-state index in [2.05, 4.69) is 15.1 Å². The fourth-order valence-corrected chi connectivity index (χ4v) is 2.33. The van der Waals surface area contributed by atoms with Crippen LogP contribution in [0.3, 0.4) is 0 Å². The molecule has 1 saturated heterocycles. The van der Waals surface area contributed by atoms with E-state index >= 15 is 0 Å². The number of aliphatic hydroxyl groups is 1. The number of aliphatic hydroxyl groups excluding tert-OH is 1. The van der Waals surface area contributed by atoms with Crippen LogP contribution < -0.4 is 10.6 Å². The van der Waals surface area contributed by atoms with Crippen LogP contribution in [-0.4, -0.2) is 46.7 Å². The van der Waals surface area contributed by atoms with Crippen LogP contribution in [-0.2, 0) is 11.3 Å². The number of hydrogen-bond donors (Lipinski definition) is 2. The van der Waals surface area contributed by atoms with Gasteiger partial charge in [0.05, 0.1) is 24.5 Å². The minimum Gasteiger partial charge on any atom is -0.394 e. The topological polar surface area (TPSA) is 84.5 Å². The van der Waals surface area contributed by atoms with Crippen LogP contribution in [0, 0.1) is 0 Å². The first-order valence-electron chi connectivity index (χ1n) is 6.10. The number of hydrogen-bond acceptors (Lipinski definition) is 6. The quantitative estimate of drug-likeness (QED) is 0.782. The molecule has 0 spiro atoms. The summed E-state index contributed by atoms with van der Waals surface area (Å²) in [6.07, 6.45) is 1.43. The molecule has 1 aromatic heterocycles. The van der Waals surface area contributed by atoms with Gasteiger partial charge in [-0.25, -0.2) is 0 Å². The number of aromatic nitrogens is 2. The summed E-state index contributed by atoms with van der Waals surface area (Å²) in [5.41, 5.74) is 6.35. The summed E-state index contributed by atoms with van der Waals surface area (Å²) in [4.78, 5) is 2.08. The largest absolute Gasteiger partial charge is 0.394 e. The van der Waals surface area contributed by atoms with Crippen molar-refractivity contribution in [3.05, 3.63) is 17.8 Å². The number of ether oxygens (including phenoxy) is 1. The molecule has 2 heterocycles. The highest BCUT2D eigenvalue weighted by Gasteiger charge is 2.34. The zero-order valence-electron chi connectivity index (χ0n) is 10.8. The van der Waals surface area contributed by atoms with E-state index in [9.17, 15) is 5.11 Å². The van der Waals surface area contributed by atoms with Gasteiger partial charge in [0.15, 0.2) is 5.82 Å². The van der Waals surface area contributed by atoms with Crippen molar-refractivity contribution < 1.29 is 9.84 Å². The van der Waals surface area contributed by atoms with Gasteiger partial charge in [-0.3, -0.25) is 0 Å². The summed E-state index contributed by atoms with van der Waals surface area (Å²) in [6.45, 7) is 5.73. The fourth-order valence-electron chi connectivity index (χ4n) is 2.33. The van der Waals surface area contributed by atoms with Crippen molar-refractivity contribution >= 4 is 5.82 Å². The van der Waals surface area contributed by atoms with Crippen LogP contribution in [0.15, 0.2) is 12.3 Å². The predicted molar refractivity (Wildman–Crippen MR) is 68.2 cm³/mol. The molecule has 0 saturated carbocycles. The van der Waals surface area contributed by atoms with Crippen molar-refractivity contribution in [2.45, 2.75) is 32.1 Å². The lowest BCUT2D eigenvalue weighted by Gasteiger charge is -2.43.